The predicted molar refractivity (Wildman–Crippen MR) is 53.3 cm³/mol. The lowest BCUT2D eigenvalue weighted by Crippen LogP contribution is -2.01. The van der Waals surface area contributed by atoms with Gasteiger partial charge in [-0.2, -0.15) is 5.26 Å². The molecule has 1 aromatic carbocycles. The Kier molecular flexibility index (Phi) is 3.42. The highest BCUT2D eigenvalue weighted by Crippen LogP contribution is 2.24. The third-order valence-corrected chi connectivity index (χ3v) is 2.07. The number of carbonyl (C=O) groups is 2. The van der Waals surface area contributed by atoms with E-state index in [1.165, 1.54) is 19.2 Å². The van der Waals surface area contributed by atoms with Gasteiger partial charge >= 0.3 is 0 Å². The fourth-order valence-electron chi connectivity index (χ4n) is 1.18. The van der Waals surface area contributed by atoms with Gasteiger partial charge in [-0.15, -0.1) is 0 Å². The summed E-state index contributed by atoms with van der Waals surface area (Å²) in [6.07, 6.45) is 0.459. The number of nitrogens with zero attached hydrogens (tertiary/aromatic N) is 1. The van der Waals surface area contributed by atoms with Crippen molar-refractivity contribution in [2.75, 3.05) is 7.11 Å². The van der Waals surface area contributed by atoms with Crippen LogP contribution in [0.15, 0.2) is 12.1 Å². The standard InChI is InChI=1S/C10H6ClNO3/c1-15-9-3-2-6(10(11)14)7(4-12)8(9)5-13/h2-3,5H,1H3. The van der Waals surface area contributed by atoms with E-state index in [-0.39, 0.29) is 22.4 Å². The Hall–Kier alpha value is -1.86. The average molecular weight is 224 g/mol. The summed E-state index contributed by atoms with van der Waals surface area (Å²) < 4.78 is 4.88. The Morgan fingerprint density at radius 2 is 2.27 bits per heavy atom. The maximum atomic E-state index is 11.0. The largest absolute Gasteiger partial charge is 0.496 e. The molecule has 0 fully saturated rings. The maximum Gasteiger partial charge on any atom is 0.253 e. The number of nitriles is 1. The van der Waals surface area contributed by atoms with Gasteiger partial charge in [0.15, 0.2) is 6.29 Å². The summed E-state index contributed by atoms with van der Waals surface area (Å²) in [5.74, 6) is 0.239. The van der Waals surface area contributed by atoms with Crippen molar-refractivity contribution in [2.45, 2.75) is 0 Å². The van der Waals surface area contributed by atoms with Crippen LogP contribution in [0.5, 0.6) is 5.75 Å². The minimum Gasteiger partial charge on any atom is -0.496 e. The molecular formula is C10H6ClNO3. The first-order chi connectivity index (χ1) is 7.15. The van der Waals surface area contributed by atoms with Crippen molar-refractivity contribution in [2.24, 2.45) is 0 Å². The number of methoxy groups -OCH3 is 1. The zero-order chi connectivity index (χ0) is 11.4. The van der Waals surface area contributed by atoms with Gasteiger partial charge in [-0.3, -0.25) is 9.59 Å². The summed E-state index contributed by atoms with van der Waals surface area (Å²) in [5.41, 5.74) is -0.0297. The highest BCUT2D eigenvalue weighted by Gasteiger charge is 2.16. The first-order valence-electron chi connectivity index (χ1n) is 3.91. The molecular weight excluding hydrogens is 218 g/mol. The van der Waals surface area contributed by atoms with Crippen molar-refractivity contribution in [3.8, 4) is 11.8 Å². The van der Waals surface area contributed by atoms with E-state index in [1.807, 2.05) is 0 Å². The molecule has 4 nitrogen and oxygen atoms in total. The monoisotopic (exact) mass is 223 g/mol. The number of hydrogen-bond donors (Lipinski definition) is 0. The molecule has 0 saturated heterocycles. The lowest BCUT2D eigenvalue weighted by Gasteiger charge is -2.06. The lowest BCUT2D eigenvalue weighted by molar-refractivity contribution is 0.108. The number of benzene rings is 1. The Morgan fingerprint density at radius 3 is 2.67 bits per heavy atom. The topological polar surface area (TPSA) is 67.2 Å². The summed E-state index contributed by atoms with van der Waals surface area (Å²) in [5, 5.41) is 8.04. The molecule has 76 valence electrons. The molecule has 5 heteroatoms. The lowest BCUT2D eigenvalue weighted by atomic mass is 10.0. The zero-order valence-corrected chi connectivity index (χ0v) is 8.54. The summed E-state index contributed by atoms with van der Waals surface area (Å²) in [7, 11) is 1.37. The molecule has 0 bridgehead atoms. The first-order valence-corrected chi connectivity index (χ1v) is 4.29. The number of rotatable bonds is 3. The van der Waals surface area contributed by atoms with Crippen LogP contribution in [0.3, 0.4) is 0 Å². The number of ether oxygens (including phenoxy) is 1. The minimum absolute atomic E-state index is 0.00191. The van der Waals surface area contributed by atoms with E-state index >= 15 is 0 Å². The van der Waals surface area contributed by atoms with Crippen molar-refractivity contribution in [1.29, 1.82) is 5.26 Å². The summed E-state index contributed by atoms with van der Waals surface area (Å²) in [6.45, 7) is 0. The van der Waals surface area contributed by atoms with Crippen LogP contribution in [-0.2, 0) is 0 Å². The van der Waals surface area contributed by atoms with Crippen LogP contribution in [0.25, 0.3) is 0 Å². The molecule has 0 radical (unpaired) electrons. The molecule has 0 aliphatic heterocycles. The zero-order valence-electron chi connectivity index (χ0n) is 7.78. The predicted octanol–water partition coefficient (Wildman–Crippen LogP) is 1.76. The smallest absolute Gasteiger partial charge is 0.253 e. The Balaban J connectivity index is 3.57. The number of aldehydes is 1. The van der Waals surface area contributed by atoms with E-state index in [0.29, 0.717) is 6.29 Å². The fourth-order valence-corrected chi connectivity index (χ4v) is 1.34. The second kappa shape index (κ2) is 4.58. The number of halogens is 1. The van der Waals surface area contributed by atoms with Gasteiger partial charge in [0.1, 0.15) is 11.8 Å². The summed E-state index contributed by atoms with van der Waals surface area (Å²) >= 11 is 5.26. The van der Waals surface area contributed by atoms with Crippen molar-refractivity contribution in [3.05, 3.63) is 28.8 Å². The van der Waals surface area contributed by atoms with Gasteiger partial charge in [-0.25, -0.2) is 0 Å². The molecule has 0 aliphatic carbocycles. The van der Waals surface area contributed by atoms with E-state index < -0.39 is 5.24 Å². The Bertz CT molecular complexity index is 462. The van der Waals surface area contributed by atoms with Gasteiger partial charge in [0, 0.05) is 0 Å². The van der Waals surface area contributed by atoms with Crippen LogP contribution in [0.2, 0.25) is 0 Å². The summed E-state index contributed by atoms with van der Waals surface area (Å²) in [4.78, 5) is 21.7. The molecule has 0 atom stereocenters. The van der Waals surface area contributed by atoms with E-state index in [4.69, 9.17) is 21.6 Å². The quantitative estimate of drug-likeness (QED) is 0.578. The molecule has 1 aromatic rings. The molecule has 0 amide bonds. The van der Waals surface area contributed by atoms with Crippen LogP contribution in [0, 0.1) is 11.3 Å². The average Bonchev–Trinajstić information content (AvgIpc) is 2.26. The second-order valence-electron chi connectivity index (χ2n) is 2.61. The van der Waals surface area contributed by atoms with E-state index in [9.17, 15) is 9.59 Å². The van der Waals surface area contributed by atoms with Gasteiger partial charge in [0.2, 0.25) is 0 Å². The van der Waals surface area contributed by atoms with Crippen molar-refractivity contribution >= 4 is 23.1 Å². The third-order valence-electron chi connectivity index (χ3n) is 1.87. The Morgan fingerprint density at radius 1 is 1.60 bits per heavy atom. The van der Waals surface area contributed by atoms with Crippen LogP contribution in [0.1, 0.15) is 26.3 Å². The van der Waals surface area contributed by atoms with Crippen molar-refractivity contribution in [3.63, 3.8) is 0 Å². The highest BCUT2D eigenvalue weighted by molar-refractivity contribution is 6.68. The van der Waals surface area contributed by atoms with E-state index in [1.54, 1.807) is 6.07 Å². The molecule has 0 heterocycles. The SMILES string of the molecule is COc1ccc(C(=O)Cl)c(C#N)c1C=O. The molecule has 0 N–H and O–H groups in total. The van der Waals surface area contributed by atoms with Gasteiger partial charge in [0.05, 0.1) is 23.8 Å². The number of hydrogen-bond acceptors (Lipinski definition) is 4. The number of carbonyl (C=O) groups excluding carboxylic acids is 2. The normalized spacial score (nSPS) is 9.13. The van der Waals surface area contributed by atoms with Crippen molar-refractivity contribution < 1.29 is 14.3 Å². The van der Waals surface area contributed by atoms with Gasteiger partial charge in [0.25, 0.3) is 5.24 Å². The van der Waals surface area contributed by atoms with Crippen LogP contribution in [0.4, 0.5) is 0 Å². The minimum atomic E-state index is -0.780. The first kappa shape index (κ1) is 11.2. The van der Waals surface area contributed by atoms with Crippen LogP contribution >= 0.6 is 11.6 Å². The molecule has 0 unspecified atom stereocenters. The van der Waals surface area contributed by atoms with Gasteiger partial charge < -0.3 is 4.74 Å². The van der Waals surface area contributed by atoms with Gasteiger partial charge in [-0.1, -0.05) is 0 Å². The van der Waals surface area contributed by atoms with Gasteiger partial charge in [-0.05, 0) is 23.7 Å². The van der Waals surface area contributed by atoms with E-state index in [2.05, 4.69) is 0 Å². The Labute approximate surface area is 91.0 Å². The van der Waals surface area contributed by atoms with Crippen LogP contribution < -0.4 is 4.74 Å². The van der Waals surface area contributed by atoms with Crippen molar-refractivity contribution in [1.82, 2.24) is 0 Å². The fraction of sp³-hybridized carbons (Fsp3) is 0.100. The molecule has 0 aliphatic rings. The maximum absolute atomic E-state index is 11.0. The molecule has 0 spiro atoms. The van der Waals surface area contributed by atoms with E-state index in [0.717, 1.165) is 0 Å². The summed E-state index contributed by atoms with van der Waals surface area (Å²) in [6, 6.07) is 4.52. The second-order valence-corrected chi connectivity index (χ2v) is 2.95. The van der Waals surface area contributed by atoms with Crippen LogP contribution in [-0.4, -0.2) is 18.6 Å². The molecule has 0 aromatic heterocycles. The molecule has 0 saturated carbocycles. The molecule has 15 heavy (non-hydrogen) atoms. The molecule has 1 rings (SSSR count). The third kappa shape index (κ3) is 1.97. The highest BCUT2D eigenvalue weighted by atomic mass is 35.5.